The monoisotopic (exact) mass is 326 g/mol. The van der Waals surface area contributed by atoms with Gasteiger partial charge in [0.25, 0.3) is 0 Å². The lowest BCUT2D eigenvalue weighted by Gasteiger charge is -2.18. The lowest BCUT2D eigenvalue weighted by atomic mass is 10.1. The topological polar surface area (TPSA) is 18.5 Å². The van der Waals surface area contributed by atoms with Crippen LogP contribution >= 0.6 is 15.9 Å². The number of hydrogen-bond donors (Lipinski definition) is 0. The Labute approximate surface area is 112 Å². The third kappa shape index (κ3) is 4.86. The van der Waals surface area contributed by atoms with Gasteiger partial charge < -0.3 is 9.47 Å². The van der Waals surface area contributed by atoms with Crippen molar-refractivity contribution in [2.45, 2.75) is 18.7 Å². The number of methoxy groups -OCH3 is 1. The van der Waals surface area contributed by atoms with E-state index < -0.39 is 18.7 Å². The zero-order valence-electron chi connectivity index (χ0n) is 9.84. The summed E-state index contributed by atoms with van der Waals surface area (Å²) in [6, 6.07) is 7.11. The molecule has 102 valence electrons. The fourth-order valence-corrected chi connectivity index (χ4v) is 2.00. The normalized spacial score (nSPS) is 13.4. The molecule has 0 fully saturated rings. The van der Waals surface area contributed by atoms with Gasteiger partial charge >= 0.3 is 6.18 Å². The smallest absolute Gasteiger partial charge is 0.391 e. The van der Waals surface area contributed by atoms with Gasteiger partial charge in [-0.05, 0) is 6.07 Å². The van der Waals surface area contributed by atoms with Gasteiger partial charge in [-0.1, -0.05) is 34.1 Å². The van der Waals surface area contributed by atoms with Crippen molar-refractivity contribution in [1.82, 2.24) is 0 Å². The van der Waals surface area contributed by atoms with Crippen LogP contribution in [0.3, 0.4) is 0 Å². The fourth-order valence-electron chi connectivity index (χ4n) is 1.47. The molecule has 6 heteroatoms. The molecule has 0 saturated heterocycles. The predicted octanol–water partition coefficient (Wildman–Crippen LogP) is 4.10. The summed E-state index contributed by atoms with van der Waals surface area (Å²) < 4.78 is 46.5. The maximum absolute atomic E-state index is 12.0. The van der Waals surface area contributed by atoms with Gasteiger partial charge in [0, 0.05) is 10.9 Å². The summed E-state index contributed by atoms with van der Waals surface area (Å²) in [6.45, 7) is -0.363. The quantitative estimate of drug-likeness (QED) is 0.733. The molecule has 0 N–H and O–H groups in total. The number of alkyl halides is 4. The van der Waals surface area contributed by atoms with E-state index in [4.69, 9.17) is 9.47 Å². The minimum Gasteiger partial charge on any atom is -0.496 e. The summed E-state index contributed by atoms with van der Waals surface area (Å²) in [7, 11) is 1.51. The Hall–Kier alpha value is -0.750. The second-order valence-corrected chi connectivity index (χ2v) is 4.27. The summed E-state index contributed by atoms with van der Waals surface area (Å²) in [5.74, 6) is 0.606. The van der Waals surface area contributed by atoms with E-state index in [2.05, 4.69) is 15.9 Å². The van der Waals surface area contributed by atoms with Crippen molar-refractivity contribution in [2.75, 3.05) is 19.0 Å². The number of hydrogen-bond acceptors (Lipinski definition) is 2. The van der Waals surface area contributed by atoms with Gasteiger partial charge in [-0.15, -0.1) is 0 Å². The van der Waals surface area contributed by atoms with Crippen LogP contribution in [0.2, 0.25) is 0 Å². The van der Waals surface area contributed by atoms with Gasteiger partial charge in [0.1, 0.15) is 5.75 Å². The van der Waals surface area contributed by atoms with E-state index in [0.29, 0.717) is 11.1 Å². The standard InChI is InChI=1S/C12H14BrF3O2/c1-17-10-5-3-2-4-9(10)11(8-13)18-7-6-12(14,15)16/h2-5,11H,6-8H2,1H3. The second kappa shape index (κ2) is 6.99. The van der Waals surface area contributed by atoms with E-state index in [1.165, 1.54) is 7.11 Å². The van der Waals surface area contributed by atoms with Crippen molar-refractivity contribution < 1.29 is 22.6 Å². The summed E-state index contributed by atoms with van der Waals surface area (Å²) in [5.41, 5.74) is 0.735. The second-order valence-electron chi connectivity index (χ2n) is 3.62. The molecular weight excluding hydrogens is 313 g/mol. The summed E-state index contributed by atoms with van der Waals surface area (Å²) in [6.07, 6.45) is -5.60. The Bertz CT molecular complexity index is 369. The highest BCUT2D eigenvalue weighted by Crippen LogP contribution is 2.29. The van der Waals surface area contributed by atoms with Crippen LogP contribution in [0, 0.1) is 0 Å². The first-order valence-corrected chi connectivity index (χ1v) is 6.47. The molecule has 0 amide bonds. The van der Waals surface area contributed by atoms with Crippen LogP contribution in [0.1, 0.15) is 18.1 Å². The first kappa shape index (κ1) is 15.3. The third-order valence-corrected chi connectivity index (χ3v) is 2.92. The van der Waals surface area contributed by atoms with Crippen LogP contribution in [0.15, 0.2) is 24.3 Å². The van der Waals surface area contributed by atoms with E-state index in [1.807, 2.05) is 0 Å². The van der Waals surface area contributed by atoms with Crippen molar-refractivity contribution in [3.63, 3.8) is 0 Å². The van der Waals surface area contributed by atoms with E-state index in [0.717, 1.165) is 5.56 Å². The summed E-state index contributed by atoms with van der Waals surface area (Å²) >= 11 is 3.23. The molecule has 0 heterocycles. The maximum Gasteiger partial charge on any atom is 0.391 e. The number of para-hydroxylation sites is 1. The van der Waals surface area contributed by atoms with Gasteiger partial charge in [0.15, 0.2) is 0 Å². The highest BCUT2D eigenvalue weighted by molar-refractivity contribution is 9.09. The zero-order valence-corrected chi connectivity index (χ0v) is 11.4. The number of halogens is 4. The fraction of sp³-hybridized carbons (Fsp3) is 0.500. The van der Waals surface area contributed by atoms with Crippen LogP contribution in [0.5, 0.6) is 5.75 Å². The highest BCUT2D eigenvalue weighted by atomic mass is 79.9. The average Bonchev–Trinajstić information content (AvgIpc) is 2.33. The molecule has 2 nitrogen and oxygen atoms in total. The molecule has 0 saturated carbocycles. The van der Waals surface area contributed by atoms with Crippen LogP contribution in [0.4, 0.5) is 13.2 Å². The highest BCUT2D eigenvalue weighted by Gasteiger charge is 2.27. The Morgan fingerprint density at radius 1 is 1.28 bits per heavy atom. The molecule has 0 aliphatic rings. The first-order chi connectivity index (χ1) is 8.48. The molecule has 0 bridgehead atoms. The molecule has 0 spiro atoms. The minimum absolute atomic E-state index is 0.363. The van der Waals surface area contributed by atoms with Crippen LogP contribution in [0.25, 0.3) is 0 Å². The summed E-state index contributed by atoms with van der Waals surface area (Å²) in [4.78, 5) is 0. The van der Waals surface area contributed by atoms with Crippen molar-refractivity contribution in [3.8, 4) is 5.75 Å². The van der Waals surface area contributed by atoms with Crippen LogP contribution in [-0.2, 0) is 4.74 Å². The van der Waals surface area contributed by atoms with Gasteiger partial charge in [0.05, 0.1) is 26.2 Å². The molecule has 1 atom stereocenters. The van der Waals surface area contributed by atoms with Crippen molar-refractivity contribution in [3.05, 3.63) is 29.8 Å². The largest absolute Gasteiger partial charge is 0.496 e. The lowest BCUT2D eigenvalue weighted by molar-refractivity contribution is -0.148. The first-order valence-electron chi connectivity index (χ1n) is 5.35. The lowest BCUT2D eigenvalue weighted by Crippen LogP contribution is -2.15. The molecule has 1 unspecified atom stereocenters. The van der Waals surface area contributed by atoms with Gasteiger partial charge in [-0.25, -0.2) is 0 Å². The third-order valence-electron chi connectivity index (χ3n) is 2.33. The Kier molecular flexibility index (Phi) is 5.95. The Balaban J connectivity index is 2.65. The number of rotatable bonds is 6. The number of benzene rings is 1. The van der Waals surface area contributed by atoms with E-state index >= 15 is 0 Å². The predicted molar refractivity (Wildman–Crippen MR) is 66.2 cm³/mol. The van der Waals surface area contributed by atoms with Crippen LogP contribution < -0.4 is 4.74 Å². The Morgan fingerprint density at radius 2 is 1.94 bits per heavy atom. The molecule has 1 aromatic rings. The number of ether oxygens (including phenoxy) is 2. The van der Waals surface area contributed by atoms with E-state index in [-0.39, 0.29) is 6.61 Å². The maximum atomic E-state index is 12.0. The van der Waals surface area contributed by atoms with Crippen LogP contribution in [-0.4, -0.2) is 25.2 Å². The Morgan fingerprint density at radius 3 is 2.50 bits per heavy atom. The summed E-state index contributed by atoms with van der Waals surface area (Å²) in [5, 5.41) is 0.408. The molecule has 0 aromatic heterocycles. The molecule has 0 aliphatic carbocycles. The van der Waals surface area contributed by atoms with Gasteiger partial charge in [0.2, 0.25) is 0 Å². The van der Waals surface area contributed by atoms with Crippen molar-refractivity contribution in [2.24, 2.45) is 0 Å². The van der Waals surface area contributed by atoms with E-state index in [9.17, 15) is 13.2 Å². The molecule has 18 heavy (non-hydrogen) atoms. The molecule has 0 radical (unpaired) electrons. The van der Waals surface area contributed by atoms with Crippen molar-refractivity contribution in [1.29, 1.82) is 0 Å². The van der Waals surface area contributed by atoms with Gasteiger partial charge in [-0.3, -0.25) is 0 Å². The van der Waals surface area contributed by atoms with E-state index in [1.54, 1.807) is 24.3 Å². The molecule has 1 aromatic carbocycles. The zero-order chi connectivity index (χ0) is 13.6. The molecular formula is C12H14BrF3O2. The SMILES string of the molecule is COc1ccccc1C(CBr)OCCC(F)(F)F. The minimum atomic E-state index is -4.20. The van der Waals surface area contributed by atoms with Gasteiger partial charge in [-0.2, -0.15) is 13.2 Å². The molecule has 1 rings (SSSR count). The average molecular weight is 327 g/mol. The van der Waals surface area contributed by atoms with Crippen molar-refractivity contribution >= 4 is 15.9 Å². The molecule has 0 aliphatic heterocycles.